The Morgan fingerprint density at radius 2 is 1.19 bits per heavy atom. The molecule has 2 heterocycles. The predicted octanol–water partition coefficient (Wildman–Crippen LogP) is 5.38. The average Bonchev–Trinajstić information content (AvgIpc) is 3.68. The topological polar surface area (TPSA) is 52.8 Å². The van der Waals surface area contributed by atoms with Gasteiger partial charge < -0.3 is 23.7 Å². The molecule has 0 aromatic rings. The summed E-state index contributed by atoms with van der Waals surface area (Å²) in [7, 11) is 3.46. The van der Waals surface area contributed by atoms with Crippen LogP contribution in [0.2, 0.25) is 0 Å². The summed E-state index contributed by atoms with van der Waals surface area (Å²) in [5.41, 5.74) is 2.59. The molecule has 0 aromatic carbocycles. The molecule has 31 heavy (non-hydrogen) atoms. The Morgan fingerprint density at radius 3 is 1.58 bits per heavy atom. The first-order valence-corrected chi connectivity index (χ1v) is 12.0. The Kier molecular flexibility index (Phi) is 6.95. The van der Waals surface area contributed by atoms with Crippen molar-refractivity contribution in [3.8, 4) is 0 Å². The van der Waals surface area contributed by atoms with Gasteiger partial charge in [-0.3, -0.25) is 0 Å². The van der Waals surface area contributed by atoms with E-state index in [0.29, 0.717) is 0 Å². The minimum Gasteiger partial charge on any atom is -0.498 e. The van der Waals surface area contributed by atoms with Crippen molar-refractivity contribution in [1.82, 2.24) is 0 Å². The van der Waals surface area contributed by atoms with Gasteiger partial charge in [-0.25, -0.2) is 0 Å². The lowest BCUT2D eigenvalue weighted by Crippen LogP contribution is -2.23. The van der Waals surface area contributed by atoms with Crippen molar-refractivity contribution < 1.29 is 23.7 Å². The molecule has 5 heteroatoms. The number of ether oxygens (including phenoxy) is 5. The van der Waals surface area contributed by atoms with Crippen LogP contribution in [-0.2, 0) is 23.7 Å². The highest BCUT2D eigenvalue weighted by atomic mass is 16.6. The number of methoxy groups -OCH3 is 2. The van der Waals surface area contributed by atoms with Crippen LogP contribution in [-0.4, -0.2) is 50.8 Å². The fraction of sp³-hybridized carbons (Fsp3) is 0.692. The van der Waals surface area contributed by atoms with Crippen molar-refractivity contribution >= 4 is 0 Å². The fourth-order valence-corrected chi connectivity index (χ4v) is 5.45. The SMILES string of the molecule is CCCC12OC1C(OC)=CC=C2CCCOCCCC1=CC=C(OC)C2OC12CCC. The first-order chi connectivity index (χ1) is 15.1. The minimum absolute atomic E-state index is 0.106. The van der Waals surface area contributed by atoms with Crippen LogP contribution >= 0.6 is 0 Å². The van der Waals surface area contributed by atoms with Gasteiger partial charge in [-0.1, -0.05) is 38.8 Å². The summed E-state index contributed by atoms with van der Waals surface area (Å²) in [4.78, 5) is 0. The van der Waals surface area contributed by atoms with E-state index in [1.807, 2.05) is 0 Å². The maximum Gasteiger partial charge on any atom is 0.148 e. The zero-order valence-electron chi connectivity index (χ0n) is 19.6. The third-order valence-electron chi connectivity index (χ3n) is 7.07. The van der Waals surface area contributed by atoms with Crippen molar-refractivity contribution in [1.29, 1.82) is 0 Å². The number of fused-ring (bicyclic) bond motifs is 2. The molecule has 2 aliphatic heterocycles. The summed E-state index contributed by atoms with van der Waals surface area (Å²) < 4.78 is 29.1. The Morgan fingerprint density at radius 1 is 0.742 bits per heavy atom. The second-order valence-corrected chi connectivity index (χ2v) is 9.02. The summed E-state index contributed by atoms with van der Waals surface area (Å²) >= 11 is 0. The van der Waals surface area contributed by atoms with Gasteiger partial charge in [0.2, 0.25) is 0 Å². The third kappa shape index (κ3) is 4.24. The lowest BCUT2D eigenvalue weighted by molar-refractivity contribution is 0.128. The Hall–Kier alpha value is -1.56. The van der Waals surface area contributed by atoms with Gasteiger partial charge in [0.25, 0.3) is 0 Å². The standard InChI is InChI=1S/C26H38O5/c1-5-15-25-19(11-13-21(27-3)23(25)30-25)9-7-17-29-18-8-10-20-12-14-22(28-4)24-26(20,31-24)16-6-2/h11-14,23-24H,5-10,15-18H2,1-4H3. The van der Waals surface area contributed by atoms with Crippen LogP contribution in [0.15, 0.2) is 47.0 Å². The first kappa shape index (κ1) is 22.6. The van der Waals surface area contributed by atoms with E-state index in [1.54, 1.807) is 14.2 Å². The fourth-order valence-electron chi connectivity index (χ4n) is 5.45. The van der Waals surface area contributed by atoms with Gasteiger partial charge in [0.1, 0.15) is 34.9 Å². The van der Waals surface area contributed by atoms with E-state index in [0.717, 1.165) is 76.1 Å². The van der Waals surface area contributed by atoms with Crippen molar-refractivity contribution in [2.24, 2.45) is 0 Å². The molecule has 0 radical (unpaired) electrons. The lowest BCUT2D eigenvalue weighted by atomic mass is 9.84. The van der Waals surface area contributed by atoms with Crippen LogP contribution in [0.25, 0.3) is 0 Å². The number of hydrogen-bond donors (Lipinski definition) is 0. The molecule has 0 spiro atoms. The lowest BCUT2D eigenvalue weighted by Gasteiger charge is -2.21. The summed E-state index contributed by atoms with van der Waals surface area (Å²) in [5, 5.41) is 0. The predicted molar refractivity (Wildman–Crippen MR) is 121 cm³/mol. The van der Waals surface area contributed by atoms with Crippen molar-refractivity contribution in [3.63, 3.8) is 0 Å². The van der Waals surface area contributed by atoms with Gasteiger partial charge >= 0.3 is 0 Å². The highest BCUT2D eigenvalue weighted by Gasteiger charge is 2.62. The minimum atomic E-state index is -0.106. The summed E-state index contributed by atoms with van der Waals surface area (Å²) in [5.74, 6) is 1.92. The van der Waals surface area contributed by atoms with E-state index in [4.69, 9.17) is 23.7 Å². The normalized spacial score (nSPS) is 32.8. The molecular formula is C26H38O5. The molecule has 4 aliphatic rings. The van der Waals surface area contributed by atoms with Crippen molar-refractivity contribution in [2.45, 2.75) is 88.6 Å². The van der Waals surface area contributed by atoms with Gasteiger partial charge in [0.05, 0.1) is 14.2 Å². The molecular weight excluding hydrogens is 392 g/mol. The highest BCUT2D eigenvalue weighted by molar-refractivity contribution is 5.43. The summed E-state index contributed by atoms with van der Waals surface area (Å²) in [6.07, 6.45) is 17.2. The molecule has 2 fully saturated rings. The molecule has 0 aromatic heterocycles. The molecule has 0 N–H and O–H groups in total. The van der Waals surface area contributed by atoms with Gasteiger partial charge in [0, 0.05) is 13.2 Å². The number of hydrogen-bond acceptors (Lipinski definition) is 5. The van der Waals surface area contributed by atoms with Crippen LogP contribution in [0, 0.1) is 0 Å². The van der Waals surface area contributed by atoms with E-state index in [1.165, 1.54) is 11.1 Å². The van der Waals surface area contributed by atoms with Gasteiger partial charge in [-0.05, 0) is 61.8 Å². The van der Waals surface area contributed by atoms with Crippen molar-refractivity contribution in [3.05, 3.63) is 47.0 Å². The number of allylic oxidation sites excluding steroid dienone is 4. The van der Waals surface area contributed by atoms with Crippen molar-refractivity contribution in [2.75, 3.05) is 27.4 Å². The van der Waals surface area contributed by atoms with E-state index in [9.17, 15) is 0 Å². The molecule has 4 atom stereocenters. The number of epoxide rings is 2. The molecule has 0 saturated carbocycles. The largest absolute Gasteiger partial charge is 0.498 e. The summed E-state index contributed by atoms with van der Waals surface area (Å²) in [6, 6.07) is 0. The monoisotopic (exact) mass is 430 g/mol. The molecule has 2 saturated heterocycles. The van der Waals surface area contributed by atoms with Crippen LogP contribution in [0.1, 0.15) is 65.2 Å². The first-order valence-electron chi connectivity index (χ1n) is 12.0. The molecule has 2 aliphatic carbocycles. The summed E-state index contributed by atoms with van der Waals surface area (Å²) in [6.45, 7) is 6.01. The maximum absolute atomic E-state index is 6.11. The number of rotatable bonds is 14. The Balaban J connectivity index is 1.18. The van der Waals surface area contributed by atoms with Crippen LogP contribution in [0.5, 0.6) is 0 Å². The average molecular weight is 431 g/mol. The van der Waals surface area contributed by atoms with Gasteiger partial charge in [-0.2, -0.15) is 0 Å². The molecule has 5 nitrogen and oxygen atoms in total. The third-order valence-corrected chi connectivity index (χ3v) is 7.07. The van der Waals surface area contributed by atoms with E-state index >= 15 is 0 Å². The Labute approximate surface area is 187 Å². The zero-order chi connectivity index (χ0) is 21.9. The quantitative estimate of drug-likeness (QED) is 0.274. The van der Waals surface area contributed by atoms with E-state index in [2.05, 4.69) is 38.2 Å². The van der Waals surface area contributed by atoms with Gasteiger partial charge in [-0.15, -0.1) is 0 Å². The molecule has 4 unspecified atom stereocenters. The van der Waals surface area contributed by atoms with Crippen LogP contribution in [0.4, 0.5) is 0 Å². The van der Waals surface area contributed by atoms with Crippen LogP contribution < -0.4 is 0 Å². The van der Waals surface area contributed by atoms with Gasteiger partial charge in [0.15, 0.2) is 0 Å². The molecule has 0 bridgehead atoms. The molecule has 172 valence electrons. The molecule has 4 rings (SSSR count). The maximum atomic E-state index is 6.11. The zero-order valence-corrected chi connectivity index (χ0v) is 19.6. The molecule has 0 amide bonds. The van der Waals surface area contributed by atoms with E-state index in [-0.39, 0.29) is 23.4 Å². The second kappa shape index (κ2) is 9.51. The van der Waals surface area contributed by atoms with Crippen LogP contribution in [0.3, 0.4) is 0 Å². The smallest absolute Gasteiger partial charge is 0.148 e. The second-order valence-electron chi connectivity index (χ2n) is 9.02. The van der Waals surface area contributed by atoms with E-state index < -0.39 is 0 Å². The highest BCUT2D eigenvalue weighted by Crippen LogP contribution is 2.54. The Bertz CT molecular complexity index is 715.